The number of rotatable bonds is 8. The molecule has 1 rings (SSSR count). The van der Waals surface area contributed by atoms with Gasteiger partial charge in [0.1, 0.15) is 5.92 Å². The smallest absolute Gasteiger partial charge is 0.240 e. The van der Waals surface area contributed by atoms with Crippen LogP contribution >= 0.6 is 0 Å². The summed E-state index contributed by atoms with van der Waals surface area (Å²) in [6, 6.07) is 11.7. The van der Waals surface area contributed by atoms with Crippen LogP contribution in [0.1, 0.15) is 5.56 Å². The molecule has 0 N–H and O–H groups in total. The van der Waals surface area contributed by atoms with Crippen LogP contribution in [0, 0.1) is 17.2 Å². The van der Waals surface area contributed by atoms with E-state index in [4.69, 9.17) is 4.74 Å². The fourth-order valence-corrected chi connectivity index (χ4v) is 1.91. The molecule has 0 aliphatic carbocycles. The van der Waals surface area contributed by atoms with E-state index >= 15 is 0 Å². The van der Waals surface area contributed by atoms with Gasteiger partial charge in [0, 0.05) is 20.2 Å². The van der Waals surface area contributed by atoms with Crippen molar-refractivity contribution in [2.45, 2.75) is 6.42 Å². The Balaban J connectivity index is 2.73. The Morgan fingerprint density at radius 2 is 2.20 bits per heavy atom. The van der Waals surface area contributed by atoms with E-state index in [0.717, 1.165) is 5.56 Å². The Labute approximate surface area is 120 Å². The van der Waals surface area contributed by atoms with Crippen molar-refractivity contribution in [3.05, 3.63) is 48.6 Å². The van der Waals surface area contributed by atoms with E-state index in [1.165, 1.54) is 0 Å². The van der Waals surface area contributed by atoms with E-state index in [1.807, 2.05) is 30.3 Å². The largest absolute Gasteiger partial charge is 0.383 e. The van der Waals surface area contributed by atoms with Crippen LogP contribution in [0.5, 0.6) is 0 Å². The van der Waals surface area contributed by atoms with Crippen molar-refractivity contribution in [2.24, 2.45) is 5.92 Å². The number of methoxy groups -OCH3 is 1. The summed E-state index contributed by atoms with van der Waals surface area (Å²) < 4.78 is 4.99. The lowest BCUT2D eigenvalue weighted by molar-refractivity contribution is -0.133. The second-order valence-electron chi connectivity index (χ2n) is 4.44. The molecule has 0 aromatic heterocycles. The molecule has 0 saturated heterocycles. The van der Waals surface area contributed by atoms with Crippen LogP contribution in [-0.4, -0.2) is 37.6 Å². The first kappa shape index (κ1) is 15.9. The zero-order valence-electron chi connectivity index (χ0n) is 11.8. The second kappa shape index (κ2) is 8.89. The van der Waals surface area contributed by atoms with E-state index in [-0.39, 0.29) is 5.91 Å². The highest BCUT2D eigenvalue weighted by Crippen LogP contribution is 2.11. The Morgan fingerprint density at radius 3 is 2.75 bits per heavy atom. The van der Waals surface area contributed by atoms with Gasteiger partial charge in [-0.25, -0.2) is 0 Å². The van der Waals surface area contributed by atoms with Crippen molar-refractivity contribution in [3.8, 4) is 6.07 Å². The fourth-order valence-electron chi connectivity index (χ4n) is 1.91. The van der Waals surface area contributed by atoms with Gasteiger partial charge in [-0.1, -0.05) is 36.4 Å². The molecule has 20 heavy (non-hydrogen) atoms. The maximum absolute atomic E-state index is 12.4. The Kier molecular flexibility index (Phi) is 7.08. The van der Waals surface area contributed by atoms with Gasteiger partial charge in [0.2, 0.25) is 5.91 Å². The van der Waals surface area contributed by atoms with E-state index in [1.54, 1.807) is 18.1 Å². The lowest BCUT2D eigenvalue weighted by atomic mass is 9.99. The maximum Gasteiger partial charge on any atom is 0.240 e. The minimum atomic E-state index is -0.672. The van der Waals surface area contributed by atoms with Gasteiger partial charge in [-0.2, -0.15) is 5.26 Å². The van der Waals surface area contributed by atoms with Crippen LogP contribution in [-0.2, 0) is 16.0 Å². The Morgan fingerprint density at radius 1 is 1.50 bits per heavy atom. The van der Waals surface area contributed by atoms with Crippen LogP contribution in [0.2, 0.25) is 0 Å². The molecule has 106 valence electrons. The monoisotopic (exact) mass is 272 g/mol. The predicted molar refractivity (Wildman–Crippen MR) is 77.9 cm³/mol. The normalized spacial score (nSPS) is 11.4. The number of amides is 1. The highest BCUT2D eigenvalue weighted by atomic mass is 16.5. The molecular formula is C16H20N2O2. The SMILES string of the molecule is C=CCN(CCOC)C(=O)C(C#N)Cc1ccccc1. The number of ether oxygens (including phenoxy) is 1. The number of hydrogen-bond acceptors (Lipinski definition) is 3. The summed E-state index contributed by atoms with van der Waals surface area (Å²) in [5.41, 5.74) is 0.984. The van der Waals surface area contributed by atoms with Crippen LogP contribution < -0.4 is 0 Å². The molecule has 1 aromatic rings. The zero-order chi connectivity index (χ0) is 14.8. The predicted octanol–water partition coefficient (Wildman–Crippen LogP) is 2.03. The van der Waals surface area contributed by atoms with Gasteiger partial charge < -0.3 is 9.64 Å². The quantitative estimate of drug-likeness (QED) is 0.680. The van der Waals surface area contributed by atoms with Gasteiger partial charge in [0.25, 0.3) is 0 Å². The molecule has 4 nitrogen and oxygen atoms in total. The molecule has 1 unspecified atom stereocenters. The van der Waals surface area contributed by atoms with Crippen molar-refractivity contribution in [2.75, 3.05) is 26.8 Å². The standard InChI is InChI=1S/C16H20N2O2/c1-3-9-18(10-11-20-2)16(19)15(13-17)12-14-7-5-4-6-8-14/h3-8,15H,1,9-12H2,2H3. The number of carbonyl (C=O) groups excluding carboxylic acids is 1. The number of nitrogens with zero attached hydrogens (tertiary/aromatic N) is 2. The maximum atomic E-state index is 12.4. The van der Waals surface area contributed by atoms with Crippen molar-refractivity contribution < 1.29 is 9.53 Å². The lowest BCUT2D eigenvalue weighted by Crippen LogP contribution is -2.38. The molecule has 0 spiro atoms. The molecule has 0 bridgehead atoms. The van der Waals surface area contributed by atoms with Crippen LogP contribution in [0.15, 0.2) is 43.0 Å². The molecule has 4 heteroatoms. The van der Waals surface area contributed by atoms with Gasteiger partial charge >= 0.3 is 0 Å². The number of benzene rings is 1. The first-order valence-electron chi connectivity index (χ1n) is 6.55. The van der Waals surface area contributed by atoms with Crippen molar-refractivity contribution in [1.82, 2.24) is 4.90 Å². The summed E-state index contributed by atoms with van der Waals surface area (Å²) in [7, 11) is 1.59. The third-order valence-corrected chi connectivity index (χ3v) is 2.96. The van der Waals surface area contributed by atoms with E-state index in [9.17, 15) is 10.1 Å². The third kappa shape index (κ3) is 4.87. The van der Waals surface area contributed by atoms with E-state index in [0.29, 0.717) is 26.1 Å². The average molecular weight is 272 g/mol. The van der Waals surface area contributed by atoms with Gasteiger partial charge in [0.15, 0.2) is 0 Å². The average Bonchev–Trinajstić information content (AvgIpc) is 2.49. The summed E-state index contributed by atoms with van der Waals surface area (Å²) in [5.74, 6) is -0.845. The van der Waals surface area contributed by atoms with Crippen molar-refractivity contribution in [1.29, 1.82) is 5.26 Å². The Hall–Kier alpha value is -2.12. The minimum Gasteiger partial charge on any atom is -0.383 e. The van der Waals surface area contributed by atoms with E-state index < -0.39 is 5.92 Å². The number of hydrogen-bond donors (Lipinski definition) is 0. The number of carbonyl (C=O) groups is 1. The fraction of sp³-hybridized carbons (Fsp3) is 0.375. The molecule has 0 aliphatic rings. The van der Waals surface area contributed by atoms with Crippen molar-refractivity contribution >= 4 is 5.91 Å². The summed E-state index contributed by atoms with van der Waals surface area (Å²) in [5, 5.41) is 9.25. The summed E-state index contributed by atoms with van der Waals surface area (Å²) in [4.78, 5) is 14.0. The molecule has 0 radical (unpaired) electrons. The highest BCUT2D eigenvalue weighted by molar-refractivity contribution is 5.81. The number of nitriles is 1. The van der Waals surface area contributed by atoms with Gasteiger partial charge in [0.05, 0.1) is 12.7 Å². The first-order chi connectivity index (χ1) is 9.72. The van der Waals surface area contributed by atoms with Crippen molar-refractivity contribution in [3.63, 3.8) is 0 Å². The molecule has 1 atom stereocenters. The minimum absolute atomic E-state index is 0.173. The topological polar surface area (TPSA) is 53.3 Å². The second-order valence-corrected chi connectivity index (χ2v) is 4.44. The molecule has 1 amide bonds. The van der Waals surface area contributed by atoms with Crippen LogP contribution in [0.3, 0.4) is 0 Å². The molecular weight excluding hydrogens is 252 g/mol. The van der Waals surface area contributed by atoms with Gasteiger partial charge in [-0.3, -0.25) is 4.79 Å². The first-order valence-corrected chi connectivity index (χ1v) is 6.55. The van der Waals surface area contributed by atoms with Gasteiger partial charge in [-0.05, 0) is 12.0 Å². The summed E-state index contributed by atoms with van der Waals surface area (Å²) >= 11 is 0. The summed E-state index contributed by atoms with van der Waals surface area (Å²) in [6.45, 7) is 4.98. The van der Waals surface area contributed by atoms with Crippen LogP contribution in [0.4, 0.5) is 0 Å². The zero-order valence-corrected chi connectivity index (χ0v) is 11.8. The van der Waals surface area contributed by atoms with Gasteiger partial charge in [-0.15, -0.1) is 6.58 Å². The molecule has 0 fully saturated rings. The van der Waals surface area contributed by atoms with Crippen LogP contribution in [0.25, 0.3) is 0 Å². The molecule has 0 aliphatic heterocycles. The summed E-state index contributed by atoms with van der Waals surface area (Å²) in [6.07, 6.45) is 2.08. The lowest BCUT2D eigenvalue weighted by Gasteiger charge is -2.23. The molecule has 0 saturated carbocycles. The Bertz CT molecular complexity index is 465. The molecule has 1 aromatic carbocycles. The third-order valence-electron chi connectivity index (χ3n) is 2.96. The van der Waals surface area contributed by atoms with E-state index in [2.05, 4.69) is 12.6 Å². The highest BCUT2D eigenvalue weighted by Gasteiger charge is 2.23. The molecule has 0 heterocycles.